The van der Waals surface area contributed by atoms with Gasteiger partial charge >= 0.3 is 0 Å². The highest BCUT2D eigenvalue weighted by atomic mass is 35.5. The Bertz CT molecular complexity index is 1220. The number of halogens is 2. The van der Waals surface area contributed by atoms with Crippen molar-refractivity contribution in [3.8, 4) is 5.75 Å². The molecular formula is C23H18ClFN2O2S. The van der Waals surface area contributed by atoms with E-state index >= 15 is 0 Å². The minimum absolute atomic E-state index is 0.292. The van der Waals surface area contributed by atoms with Crippen molar-refractivity contribution in [2.75, 3.05) is 4.90 Å². The molecule has 0 fully saturated rings. The first-order chi connectivity index (χ1) is 14.4. The third-order valence-corrected chi connectivity index (χ3v) is 5.94. The Morgan fingerprint density at radius 3 is 2.70 bits per heavy atom. The van der Waals surface area contributed by atoms with E-state index in [1.165, 1.54) is 6.07 Å². The second-order valence-corrected chi connectivity index (χ2v) is 8.29. The molecule has 2 aliphatic rings. The van der Waals surface area contributed by atoms with Gasteiger partial charge in [-0.1, -0.05) is 29.9 Å². The van der Waals surface area contributed by atoms with Gasteiger partial charge < -0.3 is 14.5 Å². The zero-order chi connectivity index (χ0) is 21.0. The van der Waals surface area contributed by atoms with Crippen molar-refractivity contribution in [2.45, 2.75) is 26.4 Å². The number of furan rings is 1. The highest BCUT2D eigenvalue weighted by molar-refractivity contribution is 7.80. The van der Waals surface area contributed by atoms with Gasteiger partial charge in [-0.15, -0.1) is 0 Å². The van der Waals surface area contributed by atoms with E-state index in [0.29, 0.717) is 45.1 Å². The Balaban J connectivity index is 1.68. The van der Waals surface area contributed by atoms with Crippen molar-refractivity contribution in [3.63, 3.8) is 0 Å². The zero-order valence-electron chi connectivity index (χ0n) is 16.3. The van der Waals surface area contributed by atoms with Gasteiger partial charge in [-0.2, -0.15) is 0 Å². The van der Waals surface area contributed by atoms with Crippen molar-refractivity contribution in [2.24, 2.45) is 0 Å². The highest BCUT2D eigenvalue weighted by Crippen LogP contribution is 2.41. The number of aryl methyl sites for hydroxylation is 2. The van der Waals surface area contributed by atoms with Crippen LogP contribution in [-0.2, 0) is 6.42 Å². The van der Waals surface area contributed by atoms with Crippen LogP contribution in [0.1, 0.15) is 28.8 Å². The minimum atomic E-state index is -0.471. The molecule has 2 aromatic carbocycles. The van der Waals surface area contributed by atoms with Crippen LogP contribution in [0.15, 0.2) is 64.4 Å². The van der Waals surface area contributed by atoms with E-state index in [2.05, 4.69) is 5.32 Å². The molecule has 1 N–H and O–H groups in total. The van der Waals surface area contributed by atoms with Gasteiger partial charge in [-0.05, 0) is 61.9 Å². The number of hydrogen-bond donors (Lipinski definition) is 1. The second-order valence-electron chi connectivity index (χ2n) is 7.44. The van der Waals surface area contributed by atoms with Crippen molar-refractivity contribution < 1.29 is 13.5 Å². The van der Waals surface area contributed by atoms with Crippen LogP contribution < -0.4 is 15.0 Å². The lowest BCUT2D eigenvalue weighted by Gasteiger charge is -2.41. The van der Waals surface area contributed by atoms with Gasteiger partial charge in [0.05, 0.1) is 5.57 Å². The molecule has 0 saturated heterocycles. The topological polar surface area (TPSA) is 37.6 Å². The molecule has 0 bridgehead atoms. The van der Waals surface area contributed by atoms with E-state index in [-0.39, 0.29) is 5.82 Å². The van der Waals surface area contributed by atoms with Gasteiger partial charge in [0.2, 0.25) is 5.88 Å². The van der Waals surface area contributed by atoms with Gasteiger partial charge in [0.1, 0.15) is 28.1 Å². The Labute approximate surface area is 183 Å². The molecule has 0 unspecified atom stereocenters. The molecule has 4 nitrogen and oxygen atoms in total. The lowest BCUT2D eigenvalue weighted by Crippen LogP contribution is -2.49. The first kappa shape index (κ1) is 19.2. The summed E-state index contributed by atoms with van der Waals surface area (Å²) in [5, 5.41) is 3.98. The maximum atomic E-state index is 14.5. The van der Waals surface area contributed by atoms with Crippen molar-refractivity contribution >= 4 is 34.5 Å². The molecule has 0 spiro atoms. The maximum absolute atomic E-state index is 14.5. The van der Waals surface area contributed by atoms with Crippen LogP contribution in [0.25, 0.3) is 0 Å². The van der Waals surface area contributed by atoms with Crippen LogP contribution in [-0.4, -0.2) is 4.99 Å². The first-order valence-corrected chi connectivity index (χ1v) is 10.3. The number of hydrogen-bond acceptors (Lipinski definition) is 4. The molecule has 0 radical (unpaired) electrons. The number of nitrogens with one attached hydrogen (secondary N) is 1. The van der Waals surface area contributed by atoms with Gasteiger partial charge in [0.15, 0.2) is 6.17 Å². The van der Waals surface area contributed by atoms with Gasteiger partial charge in [0.25, 0.3) is 0 Å². The molecule has 0 saturated carbocycles. The SMILES string of the molecule is Cc1ccc([C@@H]2NC(=S)C3=C(Oc4ccc(Cl)cc4C3)N2c2ccc(C)c(F)c2)o1. The fraction of sp³-hybridized carbons (Fsp3) is 0.174. The van der Waals surface area contributed by atoms with Crippen molar-refractivity contribution in [1.29, 1.82) is 0 Å². The number of fused-ring (bicyclic) bond motifs is 1. The minimum Gasteiger partial charge on any atom is -0.462 e. The van der Waals surface area contributed by atoms with E-state index in [1.54, 1.807) is 19.1 Å². The smallest absolute Gasteiger partial charge is 0.209 e. The second kappa shape index (κ2) is 7.15. The summed E-state index contributed by atoms with van der Waals surface area (Å²) in [6.45, 7) is 3.61. The Kier molecular flexibility index (Phi) is 4.56. The molecule has 30 heavy (non-hydrogen) atoms. The number of thiocarbonyl (C=S) groups is 1. The third kappa shape index (κ3) is 3.16. The summed E-state index contributed by atoms with van der Waals surface area (Å²) in [7, 11) is 0. The van der Waals surface area contributed by atoms with Gasteiger partial charge in [0, 0.05) is 22.7 Å². The van der Waals surface area contributed by atoms with Crippen LogP contribution >= 0.6 is 23.8 Å². The lowest BCUT2D eigenvalue weighted by atomic mass is 9.99. The van der Waals surface area contributed by atoms with Crippen LogP contribution in [0.2, 0.25) is 5.02 Å². The number of ether oxygens (including phenoxy) is 1. The van der Waals surface area contributed by atoms with E-state index in [1.807, 2.05) is 42.2 Å². The van der Waals surface area contributed by atoms with Crippen molar-refractivity contribution in [3.05, 3.63) is 93.5 Å². The number of rotatable bonds is 2. The third-order valence-electron chi connectivity index (χ3n) is 5.34. The number of nitrogens with zero attached hydrogens (tertiary/aromatic N) is 1. The molecule has 0 aliphatic carbocycles. The molecule has 1 aromatic heterocycles. The van der Waals surface area contributed by atoms with Crippen LogP contribution in [0.5, 0.6) is 5.75 Å². The maximum Gasteiger partial charge on any atom is 0.209 e. The fourth-order valence-electron chi connectivity index (χ4n) is 3.78. The number of benzene rings is 2. The number of anilines is 1. The normalized spacial score (nSPS) is 17.9. The van der Waals surface area contributed by atoms with E-state index in [0.717, 1.165) is 16.9 Å². The van der Waals surface area contributed by atoms with E-state index in [4.69, 9.17) is 33.0 Å². The molecule has 7 heteroatoms. The predicted octanol–water partition coefficient (Wildman–Crippen LogP) is 5.97. The zero-order valence-corrected chi connectivity index (χ0v) is 17.9. The average molecular weight is 441 g/mol. The molecule has 2 aliphatic heterocycles. The van der Waals surface area contributed by atoms with E-state index in [9.17, 15) is 4.39 Å². The van der Waals surface area contributed by atoms with Crippen LogP contribution in [0.3, 0.4) is 0 Å². The summed E-state index contributed by atoms with van der Waals surface area (Å²) in [4.78, 5) is 2.46. The van der Waals surface area contributed by atoms with Crippen LogP contribution in [0.4, 0.5) is 10.1 Å². The summed E-state index contributed by atoms with van der Waals surface area (Å²) < 4.78 is 26.7. The lowest BCUT2D eigenvalue weighted by molar-refractivity contribution is 0.338. The van der Waals surface area contributed by atoms with Gasteiger partial charge in [-0.3, -0.25) is 4.90 Å². The first-order valence-electron chi connectivity index (χ1n) is 9.53. The van der Waals surface area contributed by atoms with Gasteiger partial charge in [-0.25, -0.2) is 4.39 Å². The molecule has 1 atom stereocenters. The summed E-state index contributed by atoms with van der Waals surface area (Å²) >= 11 is 11.8. The average Bonchev–Trinajstić information content (AvgIpc) is 3.15. The standard InChI is InChI=1S/C23H18ClFN2O2S/c1-12-3-6-16(11-18(12)25)27-21(20-7-4-13(2)28-20)26-22(30)17-10-14-9-15(24)5-8-19(14)29-23(17)27/h3-9,11,21H,10H2,1-2H3,(H,26,30)/t21-/m1/s1. The largest absolute Gasteiger partial charge is 0.462 e. The summed E-state index contributed by atoms with van der Waals surface area (Å²) in [5.74, 6) is 2.41. The quantitative estimate of drug-likeness (QED) is 0.497. The molecule has 152 valence electrons. The molecule has 3 aromatic rings. The Morgan fingerprint density at radius 2 is 1.97 bits per heavy atom. The molecule has 0 amide bonds. The Morgan fingerprint density at radius 1 is 1.13 bits per heavy atom. The van der Waals surface area contributed by atoms with Crippen LogP contribution in [0, 0.1) is 19.7 Å². The molecule has 3 heterocycles. The molecular weight excluding hydrogens is 423 g/mol. The summed E-state index contributed by atoms with van der Waals surface area (Å²) in [5.41, 5.74) is 2.98. The molecule has 5 rings (SSSR count). The summed E-state index contributed by atoms with van der Waals surface area (Å²) in [6.07, 6.45) is 0.0899. The Hall–Kier alpha value is -2.83. The highest BCUT2D eigenvalue weighted by Gasteiger charge is 2.39. The monoisotopic (exact) mass is 440 g/mol. The fourth-order valence-corrected chi connectivity index (χ4v) is 4.25. The predicted molar refractivity (Wildman–Crippen MR) is 118 cm³/mol. The van der Waals surface area contributed by atoms with Crippen molar-refractivity contribution in [1.82, 2.24) is 5.32 Å². The summed E-state index contributed by atoms with van der Waals surface area (Å²) in [6, 6.07) is 14.4. The van der Waals surface area contributed by atoms with E-state index < -0.39 is 6.17 Å².